The van der Waals surface area contributed by atoms with Crippen LogP contribution < -0.4 is 15.5 Å². The van der Waals surface area contributed by atoms with Crippen molar-refractivity contribution in [1.82, 2.24) is 0 Å². The lowest BCUT2D eigenvalue weighted by molar-refractivity contribution is 0.102. The Kier molecular flexibility index (Phi) is 6.29. The molecule has 0 fully saturated rings. The van der Waals surface area contributed by atoms with Gasteiger partial charge in [0.05, 0.1) is 11.4 Å². The lowest BCUT2D eigenvalue weighted by Crippen LogP contribution is -2.32. The zero-order valence-corrected chi connectivity index (χ0v) is 21.2. The number of amides is 3. The van der Waals surface area contributed by atoms with Crippen LogP contribution in [0.25, 0.3) is 0 Å². The second-order valence-electron chi connectivity index (χ2n) is 9.67. The second kappa shape index (κ2) is 9.55. The fourth-order valence-electron chi connectivity index (χ4n) is 4.10. The zero-order chi connectivity index (χ0) is 25.3. The van der Waals surface area contributed by atoms with Crippen LogP contribution in [0.4, 0.5) is 27.5 Å². The normalized spacial score (nSPS) is 12.4. The minimum atomic E-state index is -0.267. The standard InChI is InChI=1S/C30H27N3O2S/c1-30(2,3)21-17-15-20(16-18-21)28(34)31-22-9-8-10-23(19-22)32-29(35)33-24-11-4-6-13-26(24)36-27-14-7-5-12-25(27)33/h4-19H,1-3H3,(H,31,34)(H,32,35). The first-order chi connectivity index (χ1) is 17.3. The van der Waals surface area contributed by atoms with E-state index in [2.05, 4.69) is 31.4 Å². The molecule has 0 atom stereocenters. The van der Waals surface area contributed by atoms with Gasteiger partial charge in [-0.05, 0) is 65.6 Å². The average Bonchev–Trinajstić information content (AvgIpc) is 2.87. The molecule has 0 spiro atoms. The second-order valence-corrected chi connectivity index (χ2v) is 10.7. The Balaban J connectivity index is 1.34. The van der Waals surface area contributed by atoms with Crippen LogP contribution in [-0.2, 0) is 5.41 Å². The number of hydrogen-bond donors (Lipinski definition) is 2. The number of anilines is 4. The topological polar surface area (TPSA) is 61.4 Å². The molecule has 3 amide bonds. The highest BCUT2D eigenvalue weighted by Gasteiger charge is 2.28. The van der Waals surface area contributed by atoms with Crippen LogP contribution in [0.2, 0.25) is 0 Å². The summed E-state index contributed by atoms with van der Waals surface area (Å²) in [6, 6.07) is 30.3. The molecule has 0 saturated carbocycles. The Morgan fingerprint density at radius 3 is 1.83 bits per heavy atom. The predicted molar refractivity (Wildman–Crippen MR) is 148 cm³/mol. The minimum absolute atomic E-state index is 0.0234. The maximum Gasteiger partial charge on any atom is 0.331 e. The monoisotopic (exact) mass is 493 g/mol. The van der Waals surface area contributed by atoms with Gasteiger partial charge in [-0.1, -0.05) is 75.0 Å². The number of carbonyl (C=O) groups is 2. The Labute approximate surface area is 215 Å². The van der Waals surface area contributed by atoms with Crippen molar-refractivity contribution in [1.29, 1.82) is 0 Å². The summed E-state index contributed by atoms with van der Waals surface area (Å²) in [7, 11) is 0. The van der Waals surface area contributed by atoms with Gasteiger partial charge in [-0.15, -0.1) is 0 Å². The third-order valence-corrected chi connectivity index (χ3v) is 7.15. The number of hydrogen-bond acceptors (Lipinski definition) is 3. The van der Waals surface area contributed by atoms with Crippen LogP contribution in [0.5, 0.6) is 0 Å². The first-order valence-electron chi connectivity index (χ1n) is 11.8. The van der Waals surface area contributed by atoms with E-state index in [-0.39, 0.29) is 17.4 Å². The summed E-state index contributed by atoms with van der Waals surface area (Å²) in [5.41, 5.74) is 4.64. The van der Waals surface area contributed by atoms with E-state index >= 15 is 0 Å². The third-order valence-electron chi connectivity index (χ3n) is 6.02. The molecule has 0 aromatic heterocycles. The van der Waals surface area contributed by atoms with E-state index in [4.69, 9.17) is 0 Å². The van der Waals surface area contributed by atoms with Gasteiger partial charge in [0.2, 0.25) is 0 Å². The van der Waals surface area contributed by atoms with E-state index in [1.54, 1.807) is 28.8 Å². The van der Waals surface area contributed by atoms with Gasteiger partial charge < -0.3 is 10.6 Å². The molecule has 0 saturated heterocycles. The first-order valence-corrected chi connectivity index (χ1v) is 12.6. The van der Waals surface area contributed by atoms with Crippen molar-refractivity contribution in [3.63, 3.8) is 0 Å². The van der Waals surface area contributed by atoms with Crippen molar-refractivity contribution in [2.75, 3.05) is 15.5 Å². The van der Waals surface area contributed by atoms with Crippen molar-refractivity contribution in [3.05, 3.63) is 108 Å². The third kappa shape index (κ3) is 4.86. The van der Waals surface area contributed by atoms with Gasteiger partial charge in [-0.2, -0.15) is 0 Å². The summed E-state index contributed by atoms with van der Waals surface area (Å²) in [4.78, 5) is 30.0. The Morgan fingerprint density at radius 1 is 0.694 bits per heavy atom. The average molecular weight is 494 g/mol. The van der Waals surface area contributed by atoms with Gasteiger partial charge in [0.25, 0.3) is 5.91 Å². The smallest absolute Gasteiger partial charge is 0.322 e. The molecule has 2 N–H and O–H groups in total. The van der Waals surface area contributed by atoms with Gasteiger partial charge in [0.15, 0.2) is 0 Å². The lowest BCUT2D eigenvalue weighted by Gasteiger charge is -2.31. The highest BCUT2D eigenvalue weighted by Crippen LogP contribution is 2.48. The molecule has 6 heteroatoms. The van der Waals surface area contributed by atoms with E-state index in [1.165, 1.54) is 5.56 Å². The maximum atomic E-state index is 13.5. The molecule has 1 aliphatic rings. The van der Waals surface area contributed by atoms with Gasteiger partial charge in [0.1, 0.15) is 0 Å². The molecule has 5 nitrogen and oxygen atoms in total. The number of benzene rings is 4. The number of urea groups is 1. The molecule has 1 aliphatic heterocycles. The molecular weight excluding hydrogens is 466 g/mol. The van der Waals surface area contributed by atoms with E-state index in [0.29, 0.717) is 16.9 Å². The summed E-state index contributed by atoms with van der Waals surface area (Å²) in [6.07, 6.45) is 0. The number of rotatable bonds is 3. The Hall–Kier alpha value is -4.03. The highest BCUT2D eigenvalue weighted by molar-refractivity contribution is 7.99. The van der Waals surface area contributed by atoms with Crippen LogP contribution in [0, 0.1) is 0 Å². The maximum absolute atomic E-state index is 13.5. The van der Waals surface area contributed by atoms with Gasteiger partial charge in [-0.25, -0.2) is 4.79 Å². The number of nitrogens with zero attached hydrogens (tertiary/aromatic N) is 1. The summed E-state index contributed by atoms with van der Waals surface area (Å²) < 4.78 is 0. The molecule has 4 aromatic carbocycles. The van der Waals surface area contributed by atoms with Crippen molar-refractivity contribution < 1.29 is 9.59 Å². The van der Waals surface area contributed by atoms with Crippen LogP contribution in [0.1, 0.15) is 36.7 Å². The summed E-state index contributed by atoms with van der Waals surface area (Å²) in [5.74, 6) is -0.199. The largest absolute Gasteiger partial charge is 0.331 e. The molecular formula is C30H27N3O2S. The SMILES string of the molecule is CC(C)(C)c1ccc(C(=O)Nc2cccc(NC(=O)N3c4ccccc4Sc4ccccc43)c2)cc1. The molecule has 36 heavy (non-hydrogen) atoms. The van der Waals surface area contributed by atoms with Crippen LogP contribution >= 0.6 is 11.8 Å². The first kappa shape index (κ1) is 23.7. The van der Waals surface area contributed by atoms with Gasteiger partial charge in [-0.3, -0.25) is 9.69 Å². The van der Waals surface area contributed by atoms with Crippen LogP contribution in [0.15, 0.2) is 107 Å². The fourth-order valence-corrected chi connectivity index (χ4v) is 5.16. The quantitative estimate of drug-likeness (QED) is 0.303. The number of fused-ring (bicyclic) bond motifs is 2. The molecule has 5 rings (SSSR count). The molecule has 0 radical (unpaired) electrons. The fraction of sp³-hybridized carbons (Fsp3) is 0.133. The summed E-state index contributed by atoms with van der Waals surface area (Å²) >= 11 is 1.65. The van der Waals surface area contributed by atoms with Crippen molar-refractivity contribution in [2.45, 2.75) is 36.0 Å². The molecule has 180 valence electrons. The molecule has 4 aromatic rings. The highest BCUT2D eigenvalue weighted by atomic mass is 32.2. The number of para-hydroxylation sites is 2. The van der Waals surface area contributed by atoms with E-state index in [9.17, 15) is 9.59 Å². The van der Waals surface area contributed by atoms with E-state index in [1.807, 2.05) is 84.9 Å². The van der Waals surface area contributed by atoms with Gasteiger partial charge >= 0.3 is 6.03 Å². The summed E-state index contributed by atoms with van der Waals surface area (Å²) in [5, 5.41) is 5.93. The number of carbonyl (C=O) groups excluding carboxylic acids is 2. The van der Waals surface area contributed by atoms with Crippen molar-refractivity contribution in [2.24, 2.45) is 0 Å². The van der Waals surface area contributed by atoms with Crippen molar-refractivity contribution >= 4 is 46.4 Å². The molecule has 1 heterocycles. The van der Waals surface area contributed by atoms with Crippen LogP contribution in [0.3, 0.4) is 0 Å². The van der Waals surface area contributed by atoms with E-state index in [0.717, 1.165) is 21.2 Å². The van der Waals surface area contributed by atoms with E-state index < -0.39 is 0 Å². The Bertz CT molecular complexity index is 1400. The number of nitrogens with one attached hydrogen (secondary N) is 2. The lowest BCUT2D eigenvalue weighted by atomic mass is 9.87. The van der Waals surface area contributed by atoms with Crippen molar-refractivity contribution in [3.8, 4) is 0 Å². The minimum Gasteiger partial charge on any atom is -0.322 e. The zero-order valence-electron chi connectivity index (χ0n) is 20.4. The molecule has 0 bridgehead atoms. The Morgan fingerprint density at radius 2 is 1.25 bits per heavy atom. The predicted octanol–water partition coefficient (Wildman–Crippen LogP) is 8.07. The molecule has 0 aliphatic carbocycles. The summed E-state index contributed by atoms with van der Waals surface area (Å²) in [6.45, 7) is 6.42. The van der Waals surface area contributed by atoms with Crippen LogP contribution in [-0.4, -0.2) is 11.9 Å². The molecule has 0 unspecified atom stereocenters. The van der Waals surface area contributed by atoms with Gasteiger partial charge in [0, 0.05) is 26.7 Å².